The van der Waals surface area contributed by atoms with E-state index in [1.54, 1.807) is 0 Å². The van der Waals surface area contributed by atoms with Crippen LogP contribution in [0.3, 0.4) is 0 Å². The Kier molecular flexibility index (Phi) is 6.96. The van der Waals surface area contributed by atoms with Crippen molar-refractivity contribution in [2.24, 2.45) is 5.73 Å². The van der Waals surface area contributed by atoms with E-state index in [-0.39, 0.29) is 24.6 Å². The van der Waals surface area contributed by atoms with Gasteiger partial charge in [0.05, 0.1) is 12.2 Å². The number of hydrogen-bond acceptors (Lipinski definition) is 5. The minimum atomic E-state index is -4.48. The Morgan fingerprint density at radius 1 is 1.38 bits per heavy atom. The van der Waals surface area contributed by atoms with Gasteiger partial charge in [-0.1, -0.05) is 0 Å². The normalized spacial score (nSPS) is 12.5. The number of nitrogens with zero attached hydrogens (tertiary/aromatic N) is 2. The molecule has 1 atom stereocenters. The summed E-state index contributed by atoms with van der Waals surface area (Å²) >= 11 is 0. The lowest BCUT2D eigenvalue weighted by molar-refractivity contribution is -0.154. The summed E-state index contributed by atoms with van der Waals surface area (Å²) in [5.74, 6) is -1.51. The molecule has 0 bridgehead atoms. The van der Waals surface area contributed by atoms with Crippen molar-refractivity contribution in [3.8, 4) is 5.88 Å². The minimum Gasteiger partial charge on any atom is -0.468 e. The number of methoxy groups -OCH3 is 1. The zero-order valence-electron chi connectivity index (χ0n) is 13.2. The van der Waals surface area contributed by atoms with Crippen molar-refractivity contribution in [2.75, 3.05) is 26.9 Å². The summed E-state index contributed by atoms with van der Waals surface area (Å²) in [6.45, 7) is 0.283. The van der Waals surface area contributed by atoms with Crippen molar-refractivity contribution in [2.45, 2.75) is 19.1 Å². The van der Waals surface area contributed by atoms with Gasteiger partial charge in [0, 0.05) is 25.9 Å². The highest BCUT2D eigenvalue weighted by Gasteiger charge is 2.29. The Balaban J connectivity index is 2.85. The second-order valence-corrected chi connectivity index (χ2v) is 4.86. The third-order valence-corrected chi connectivity index (χ3v) is 3.04. The van der Waals surface area contributed by atoms with Crippen molar-refractivity contribution in [1.29, 1.82) is 0 Å². The first-order valence-corrected chi connectivity index (χ1v) is 6.90. The number of carbonyl (C=O) groups excluding carboxylic acids is 2. The zero-order valence-corrected chi connectivity index (χ0v) is 13.2. The van der Waals surface area contributed by atoms with Gasteiger partial charge in [-0.3, -0.25) is 9.59 Å². The summed E-state index contributed by atoms with van der Waals surface area (Å²) in [7, 11) is 1.44. The van der Waals surface area contributed by atoms with E-state index in [0.717, 1.165) is 12.3 Å². The number of hydrogen-bond donors (Lipinski definition) is 1. The first-order valence-electron chi connectivity index (χ1n) is 6.90. The maximum atomic E-state index is 12.4. The van der Waals surface area contributed by atoms with Gasteiger partial charge in [-0.05, 0) is 13.0 Å². The molecule has 0 aliphatic heterocycles. The maximum Gasteiger partial charge on any atom is 0.422 e. The molecule has 24 heavy (non-hydrogen) atoms. The van der Waals surface area contributed by atoms with Crippen molar-refractivity contribution in [1.82, 2.24) is 9.88 Å². The SMILES string of the molecule is COCCN(C(=O)c1ccc(OCC(F)(F)F)nc1)[C@H](C)C(N)=O. The maximum absolute atomic E-state index is 12.4. The summed E-state index contributed by atoms with van der Waals surface area (Å²) in [6.07, 6.45) is -3.41. The highest BCUT2D eigenvalue weighted by atomic mass is 19.4. The molecule has 134 valence electrons. The van der Waals surface area contributed by atoms with E-state index in [1.807, 2.05) is 0 Å². The van der Waals surface area contributed by atoms with Crippen molar-refractivity contribution in [3.63, 3.8) is 0 Å². The van der Waals surface area contributed by atoms with E-state index in [0.29, 0.717) is 0 Å². The van der Waals surface area contributed by atoms with Crippen LogP contribution in [-0.2, 0) is 9.53 Å². The second-order valence-electron chi connectivity index (χ2n) is 4.86. The number of carbonyl (C=O) groups is 2. The summed E-state index contributed by atoms with van der Waals surface area (Å²) in [4.78, 5) is 28.6. The average molecular weight is 349 g/mol. The highest BCUT2D eigenvalue weighted by Crippen LogP contribution is 2.17. The first-order chi connectivity index (χ1) is 11.2. The van der Waals surface area contributed by atoms with Gasteiger partial charge in [-0.25, -0.2) is 4.98 Å². The molecule has 10 heteroatoms. The van der Waals surface area contributed by atoms with Crippen molar-refractivity contribution >= 4 is 11.8 Å². The molecule has 0 aromatic carbocycles. The predicted octanol–water partition coefficient (Wildman–Crippen LogP) is 0.985. The van der Waals surface area contributed by atoms with Crippen LogP contribution in [0.25, 0.3) is 0 Å². The Morgan fingerprint density at radius 3 is 2.50 bits per heavy atom. The molecule has 0 saturated heterocycles. The Hall–Kier alpha value is -2.36. The molecule has 0 saturated carbocycles. The quantitative estimate of drug-likeness (QED) is 0.755. The summed E-state index contributed by atoms with van der Waals surface area (Å²) in [5.41, 5.74) is 5.30. The molecule has 1 aromatic rings. The predicted molar refractivity (Wildman–Crippen MR) is 77.4 cm³/mol. The van der Waals surface area contributed by atoms with Crippen LogP contribution in [-0.4, -0.2) is 60.8 Å². The number of rotatable bonds is 8. The fourth-order valence-corrected chi connectivity index (χ4v) is 1.73. The summed E-state index contributed by atoms with van der Waals surface area (Å²) < 4.78 is 45.5. The van der Waals surface area contributed by atoms with E-state index in [4.69, 9.17) is 10.5 Å². The molecule has 2 N–H and O–H groups in total. The lowest BCUT2D eigenvalue weighted by atomic mass is 10.2. The average Bonchev–Trinajstić information content (AvgIpc) is 2.52. The number of nitrogens with two attached hydrogens (primary N) is 1. The molecule has 0 radical (unpaired) electrons. The van der Waals surface area contributed by atoms with Crippen molar-refractivity contribution < 1.29 is 32.2 Å². The lowest BCUT2D eigenvalue weighted by Crippen LogP contribution is -2.47. The van der Waals surface area contributed by atoms with E-state index < -0.39 is 30.6 Å². The molecule has 0 aliphatic carbocycles. The van der Waals surface area contributed by atoms with Crippen molar-refractivity contribution in [3.05, 3.63) is 23.9 Å². The number of ether oxygens (including phenoxy) is 2. The number of alkyl halides is 3. The van der Waals surface area contributed by atoms with Gasteiger partial charge in [0.1, 0.15) is 6.04 Å². The van der Waals surface area contributed by atoms with Crippen LogP contribution in [0, 0.1) is 0 Å². The van der Waals surface area contributed by atoms with Crippen LogP contribution in [0.2, 0.25) is 0 Å². The standard InChI is InChI=1S/C14H18F3N3O4/c1-9(12(18)21)20(5-6-23-2)13(22)10-3-4-11(19-7-10)24-8-14(15,16)17/h3-4,7,9H,5-6,8H2,1-2H3,(H2,18,21)/t9-/m1/s1. The van der Waals surface area contributed by atoms with E-state index in [9.17, 15) is 22.8 Å². The van der Waals surface area contributed by atoms with Crippen LogP contribution in [0.15, 0.2) is 18.3 Å². The molecule has 7 nitrogen and oxygen atoms in total. The number of aromatic nitrogens is 1. The molecular formula is C14H18F3N3O4. The number of primary amides is 1. The minimum absolute atomic E-state index is 0.0820. The van der Waals surface area contributed by atoms with Gasteiger partial charge < -0.3 is 20.1 Å². The van der Waals surface area contributed by atoms with Gasteiger partial charge in [0.15, 0.2) is 6.61 Å². The third kappa shape index (κ3) is 6.03. The van der Waals surface area contributed by atoms with E-state index in [1.165, 1.54) is 25.0 Å². The largest absolute Gasteiger partial charge is 0.468 e. The first kappa shape index (κ1) is 19.7. The lowest BCUT2D eigenvalue weighted by Gasteiger charge is -2.26. The third-order valence-electron chi connectivity index (χ3n) is 3.04. The molecular weight excluding hydrogens is 331 g/mol. The zero-order chi connectivity index (χ0) is 18.3. The molecule has 0 fully saturated rings. The Labute approximate surface area is 136 Å². The molecule has 1 aromatic heterocycles. The number of halogens is 3. The second kappa shape index (κ2) is 8.48. The fraction of sp³-hybridized carbons (Fsp3) is 0.500. The number of pyridine rings is 1. The van der Waals surface area contributed by atoms with Gasteiger partial charge >= 0.3 is 6.18 Å². The van der Waals surface area contributed by atoms with Crippen LogP contribution in [0.4, 0.5) is 13.2 Å². The highest BCUT2D eigenvalue weighted by molar-refractivity contribution is 5.97. The van der Waals surface area contributed by atoms with Gasteiger partial charge in [0.2, 0.25) is 11.8 Å². The van der Waals surface area contributed by atoms with E-state index >= 15 is 0 Å². The molecule has 2 amide bonds. The van der Waals surface area contributed by atoms with Gasteiger partial charge in [-0.15, -0.1) is 0 Å². The smallest absolute Gasteiger partial charge is 0.422 e. The van der Waals surface area contributed by atoms with E-state index in [2.05, 4.69) is 9.72 Å². The van der Waals surface area contributed by atoms with Crippen LogP contribution in [0.1, 0.15) is 17.3 Å². The Morgan fingerprint density at radius 2 is 2.04 bits per heavy atom. The van der Waals surface area contributed by atoms with Crippen LogP contribution < -0.4 is 10.5 Å². The molecule has 0 aliphatic rings. The molecule has 1 rings (SSSR count). The topological polar surface area (TPSA) is 94.8 Å². The van der Waals surface area contributed by atoms with Gasteiger partial charge in [-0.2, -0.15) is 13.2 Å². The number of amides is 2. The Bertz CT molecular complexity index is 563. The summed E-state index contributed by atoms with van der Waals surface area (Å²) in [6, 6.07) is 1.52. The van der Waals surface area contributed by atoms with Gasteiger partial charge in [0.25, 0.3) is 5.91 Å². The summed E-state index contributed by atoms with van der Waals surface area (Å²) in [5, 5.41) is 0. The monoisotopic (exact) mass is 349 g/mol. The van der Waals surface area contributed by atoms with Crippen LogP contribution in [0.5, 0.6) is 5.88 Å². The molecule has 0 spiro atoms. The molecule has 0 unspecified atom stereocenters. The fourth-order valence-electron chi connectivity index (χ4n) is 1.73. The molecule has 1 heterocycles. The van der Waals surface area contributed by atoms with Crippen LogP contribution >= 0.6 is 0 Å².